The van der Waals surface area contributed by atoms with Crippen molar-refractivity contribution < 1.29 is 9.90 Å². The Bertz CT molecular complexity index is 207. The maximum atomic E-state index is 10.4. The Morgan fingerprint density at radius 2 is 2.08 bits per heavy atom. The fourth-order valence-corrected chi connectivity index (χ4v) is 1.84. The van der Waals surface area contributed by atoms with Gasteiger partial charge in [-0.3, -0.25) is 4.79 Å². The zero-order valence-corrected chi connectivity index (χ0v) is 7.82. The van der Waals surface area contributed by atoms with E-state index < -0.39 is 11.5 Å². The molecule has 4 heteroatoms. The molecule has 0 spiro atoms. The van der Waals surface area contributed by atoms with Crippen LogP contribution in [0.1, 0.15) is 39.0 Å². The number of carbonyl (C=O) groups is 1. The molecule has 1 N–H and O–H groups in total. The van der Waals surface area contributed by atoms with E-state index in [9.17, 15) is 9.70 Å². The van der Waals surface area contributed by atoms with E-state index in [4.69, 9.17) is 5.11 Å². The summed E-state index contributed by atoms with van der Waals surface area (Å²) >= 11 is 0. The van der Waals surface area contributed by atoms with Crippen molar-refractivity contribution in [2.45, 2.75) is 44.6 Å². The molecule has 0 heterocycles. The third-order valence-electron chi connectivity index (χ3n) is 2.87. The molecular weight excluding hydrogens is 170 g/mol. The Morgan fingerprint density at radius 3 is 2.46 bits per heavy atom. The molecule has 13 heavy (non-hydrogen) atoms. The molecule has 1 saturated carbocycles. The van der Waals surface area contributed by atoms with Gasteiger partial charge in [0.15, 0.2) is 0 Å². The molecule has 74 valence electrons. The monoisotopic (exact) mass is 185 g/mol. The van der Waals surface area contributed by atoms with Crippen molar-refractivity contribution in [1.82, 2.24) is 0 Å². The van der Waals surface area contributed by atoms with Gasteiger partial charge in [0, 0.05) is 6.42 Å². The van der Waals surface area contributed by atoms with Crippen molar-refractivity contribution >= 4 is 5.97 Å². The van der Waals surface area contributed by atoms with Crippen LogP contribution < -0.4 is 0 Å². The van der Waals surface area contributed by atoms with E-state index in [-0.39, 0.29) is 12.3 Å². The van der Waals surface area contributed by atoms with Gasteiger partial charge in [-0.1, -0.05) is 5.18 Å². The summed E-state index contributed by atoms with van der Waals surface area (Å²) in [4.78, 5) is 20.9. The smallest absolute Gasteiger partial charge is 0.303 e. The van der Waals surface area contributed by atoms with Crippen LogP contribution in [0.25, 0.3) is 0 Å². The molecular formula is C9H15NO3. The van der Waals surface area contributed by atoms with E-state index in [1.807, 2.05) is 6.92 Å². The quantitative estimate of drug-likeness (QED) is 0.685. The van der Waals surface area contributed by atoms with Crippen LogP contribution in [-0.2, 0) is 4.79 Å². The molecule has 0 aliphatic heterocycles. The summed E-state index contributed by atoms with van der Waals surface area (Å²) in [6, 6.07) is 0. The lowest BCUT2D eigenvalue weighted by Gasteiger charge is -2.30. The van der Waals surface area contributed by atoms with Gasteiger partial charge in [0.05, 0.1) is 5.54 Å². The molecule has 0 unspecified atom stereocenters. The highest BCUT2D eigenvalue weighted by molar-refractivity contribution is 5.67. The third-order valence-corrected chi connectivity index (χ3v) is 2.87. The molecule has 1 aliphatic rings. The highest BCUT2D eigenvalue weighted by Gasteiger charge is 2.32. The molecule has 4 nitrogen and oxygen atoms in total. The number of hydrogen-bond acceptors (Lipinski definition) is 3. The number of nitrogens with zero attached hydrogens (tertiary/aromatic N) is 1. The lowest BCUT2D eigenvalue weighted by molar-refractivity contribution is -0.138. The van der Waals surface area contributed by atoms with Gasteiger partial charge < -0.3 is 5.11 Å². The molecule has 1 aliphatic carbocycles. The second kappa shape index (κ2) is 3.85. The van der Waals surface area contributed by atoms with Crippen LogP contribution >= 0.6 is 0 Å². The first-order valence-corrected chi connectivity index (χ1v) is 4.62. The van der Waals surface area contributed by atoms with Crippen molar-refractivity contribution in [3.63, 3.8) is 0 Å². The van der Waals surface area contributed by atoms with Gasteiger partial charge in [-0.15, -0.1) is 0 Å². The number of carboxylic acid groups (broad SMARTS) is 1. The zero-order chi connectivity index (χ0) is 9.90. The molecule has 0 aromatic rings. The predicted molar refractivity (Wildman–Crippen MR) is 48.4 cm³/mol. The number of rotatable bonds is 3. The number of hydrogen-bond donors (Lipinski definition) is 1. The second-order valence-corrected chi connectivity index (χ2v) is 4.13. The number of carboxylic acids is 1. The second-order valence-electron chi connectivity index (χ2n) is 4.13. The van der Waals surface area contributed by atoms with Crippen LogP contribution in [0.5, 0.6) is 0 Å². The van der Waals surface area contributed by atoms with Crippen LogP contribution in [0, 0.1) is 10.8 Å². The van der Waals surface area contributed by atoms with Crippen molar-refractivity contribution in [1.29, 1.82) is 0 Å². The number of aliphatic carboxylic acids is 1. The highest BCUT2D eigenvalue weighted by Crippen LogP contribution is 2.35. The van der Waals surface area contributed by atoms with Crippen LogP contribution in [0.3, 0.4) is 0 Å². The maximum absolute atomic E-state index is 10.4. The molecule has 0 aromatic heterocycles. The molecule has 0 bridgehead atoms. The van der Waals surface area contributed by atoms with Gasteiger partial charge in [0.25, 0.3) is 0 Å². The first kappa shape index (κ1) is 10.2. The Kier molecular flexibility index (Phi) is 3.01. The summed E-state index contributed by atoms with van der Waals surface area (Å²) in [7, 11) is 0. The SMILES string of the molecule is CC1(N=O)CCC(CC(=O)O)CC1. The van der Waals surface area contributed by atoms with Crippen LogP contribution in [0.2, 0.25) is 0 Å². The predicted octanol–water partition coefficient (Wildman–Crippen LogP) is 2.18. The van der Waals surface area contributed by atoms with Gasteiger partial charge in [-0.25, -0.2) is 0 Å². The van der Waals surface area contributed by atoms with Crippen molar-refractivity contribution in [2.24, 2.45) is 11.1 Å². The Labute approximate surface area is 77.3 Å². The van der Waals surface area contributed by atoms with Gasteiger partial charge in [0.1, 0.15) is 0 Å². The largest absolute Gasteiger partial charge is 0.481 e. The van der Waals surface area contributed by atoms with E-state index in [1.165, 1.54) is 0 Å². The van der Waals surface area contributed by atoms with Crippen molar-refractivity contribution in [3.8, 4) is 0 Å². The fraction of sp³-hybridized carbons (Fsp3) is 0.889. The lowest BCUT2D eigenvalue weighted by Crippen LogP contribution is -2.29. The van der Waals surface area contributed by atoms with Crippen LogP contribution in [0.4, 0.5) is 0 Å². The minimum absolute atomic E-state index is 0.231. The summed E-state index contributed by atoms with van der Waals surface area (Å²) in [6.45, 7) is 1.84. The Morgan fingerprint density at radius 1 is 1.54 bits per heavy atom. The topological polar surface area (TPSA) is 66.7 Å². The summed E-state index contributed by atoms with van der Waals surface area (Å²) in [5, 5.41) is 11.7. The van der Waals surface area contributed by atoms with Crippen molar-refractivity contribution in [3.05, 3.63) is 4.91 Å². The minimum Gasteiger partial charge on any atom is -0.481 e. The standard InChI is InChI=1S/C9H15NO3/c1-9(10-13)4-2-7(3-5-9)6-8(11)12/h7H,2-6H2,1H3,(H,11,12). The first-order chi connectivity index (χ1) is 6.06. The average molecular weight is 185 g/mol. The Hall–Kier alpha value is -0.930. The molecule has 0 radical (unpaired) electrons. The van der Waals surface area contributed by atoms with E-state index in [2.05, 4.69) is 5.18 Å². The Balaban J connectivity index is 2.38. The number of nitroso groups, excluding NO2 is 1. The fourth-order valence-electron chi connectivity index (χ4n) is 1.84. The van der Waals surface area contributed by atoms with E-state index in [1.54, 1.807) is 0 Å². The molecule has 1 rings (SSSR count). The molecule has 0 saturated heterocycles. The minimum atomic E-state index is -0.743. The van der Waals surface area contributed by atoms with Gasteiger partial charge in [0.2, 0.25) is 0 Å². The van der Waals surface area contributed by atoms with Crippen LogP contribution in [0.15, 0.2) is 5.18 Å². The summed E-state index contributed by atoms with van der Waals surface area (Å²) in [6.07, 6.45) is 3.32. The van der Waals surface area contributed by atoms with Gasteiger partial charge in [-0.2, -0.15) is 4.91 Å². The maximum Gasteiger partial charge on any atom is 0.303 e. The van der Waals surface area contributed by atoms with E-state index in [0.717, 1.165) is 25.7 Å². The van der Waals surface area contributed by atoms with Crippen molar-refractivity contribution in [2.75, 3.05) is 0 Å². The van der Waals surface area contributed by atoms with E-state index >= 15 is 0 Å². The lowest BCUT2D eigenvalue weighted by atomic mass is 9.77. The zero-order valence-electron chi connectivity index (χ0n) is 7.82. The van der Waals surface area contributed by atoms with E-state index in [0.29, 0.717) is 0 Å². The van der Waals surface area contributed by atoms with Gasteiger partial charge >= 0.3 is 5.97 Å². The average Bonchev–Trinajstić information content (AvgIpc) is 2.09. The highest BCUT2D eigenvalue weighted by atomic mass is 16.4. The summed E-state index contributed by atoms with van der Waals surface area (Å²) in [5.41, 5.74) is -0.436. The first-order valence-electron chi connectivity index (χ1n) is 4.62. The van der Waals surface area contributed by atoms with Gasteiger partial charge in [-0.05, 0) is 38.5 Å². The summed E-state index contributed by atoms with van der Waals surface area (Å²) in [5.74, 6) is -0.500. The molecule has 0 aromatic carbocycles. The normalized spacial score (nSPS) is 34.1. The van der Waals surface area contributed by atoms with Crippen LogP contribution in [-0.4, -0.2) is 16.6 Å². The summed E-state index contributed by atoms with van der Waals surface area (Å²) < 4.78 is 0. The molecule has 1 fully saturated rings. The molecule has 0 amide bonds. The molecule has 0 atom stereocenters. The third kappa shape index (κ3) is 2.79.